The minimum absolute atomic E-state index is 0.419. The van der Waals surface area contributed by atoms with E-state index in [1.807, 2.05) is 72.8 Å². The molecule has 11 nitrogen and oxygen atoms in total. The average molecular weight is 651 g/mol. The van der Waals surface area contributed by atoms with Crippen LogP contribution in [-0.4, -0.2) is 74.6 Å². The Bertz CT molecular complexity index is 2420. The fraction of sp³-hybridized carbons (Fsp3) is 0.189. The molecule has 0 saturated carbocycles. The van der Waals surface area contributed by atoms with Gasteiger partial charge in [0.1, 0.15) is 40.7 Å². The van der Waals surface area contributed by atoms with Crippen LogP contribution in [0.3, 0.4) is 0 Å². The van der Waals surface area contributed by atoms with Crippen LogP contribution in [0.4, 0.5) is 11.6 Å². The van der Waals surface area contributed by atoms with Crippen molar-refractivity contribution in [2.24, 2.45) is 20.0 Å². The molecule has 2 aromatic heterocycles. The van der Waals surface area contributed by atoms with Crippen LogP contribution in [0.2, 0.25) is 0 Å². The highest BCUT2D eigenvalue weighted by molar-refractivity contribution is 6.52. The number of methoxy groups -OCH3 is 1. The van der Waals surface area contributed by atoms with Gasteiger partial charge >= 0.3 is 7.19 Å². The lowest BCUT2D eigenvalue weighted by atomic mass is 9.98. The first kappa shape index (κ1) is 29.6. The van der Waals surface area contributed by atoms with E-state index >= 15 is 0 Å². The largest absolute Gasteiger partial charge is 0.633 e. The van der Waals surface area contributed by atoms with Gasteiger partial charge in [-0.1, -0.05) is 72.8 Å². The van der Waals surface area contributed by atoms with E-state index in [1.54, 1.807) is 7.11 Å². The lowest BCUT2D eigenvalue weighted by molar-refractivity contribution is 0.0180. The summed E-state index contributed by atoms with van der Waals surface area (Å²) in [5.41, 5.74) is 3.36. The van der Waals surface area contributed by atoms with Gasteiger partial charge in [-0.25, -0.2) is 20.0 Å². The maximum Gasteiger partial charge on any atom is 0.633 e. The number of benzene rings is 4. The van der Waals surface area contributed by atoms with Gasteiger partial charge in [-0.3, -0.25) is 8.96 Å². The second-order valence-corrected chi connectivity index (χ2v) is 11.7. The number of aromatic nitrogens is 2. The van der Waals surface area contributed by atoms with E-state index in [0.29, 0.717) is 57.1 Å². The molecule has 0 saturated heterocycles. The van der Waals surface area contributed by atoms with Crippen LogP contribution in [0.25, 0.3) is 21.5 Å². The lowest BCUT2D eigenvalue weighted by Crippen LogP contribution is -2.52. The predicted octanol–water partition coefficient (Wildman–Crippen LogP) is 4.85. The third kappa shape index (κ3) is 5.12. The third-order valence-corrected chi connectivity index (χ3v) is 8.79. The van der Waals surface area contributed by atoms with Crippen LogP contribution in [0.1, 0.15) is 11.1 Å². The Morgan fingerprint density at radius 3 is 1.71 bits per heavy atom. The first-order chi connectivity index (χ1) is 24.3. The minimum atomic E-state index is -0.687. The number of amidine groups is 2. The van der Waals surface area contributed by atoms with E-state index in [4.69, 9.17) is 43.6 Å². The van der Waals surface area contributed by atoms with Crippen molar-refractivity contribution in [3.63, 3.8) is 0 Å². The molecular weight excluding hydrogens is 619 g/mol. The monoisotopic (exact) mass is 650 g/mol. The Kier molecular flexibility index (Phi) is 7.53. The fourth-order valence-corrected chi connectivity index (χ4v) is 6.55. The maximum absolute atomic E-state index is 6.94. The molecule has 0 fully saturated rings. The van der Waals surface area contributed by atoms with Crippen molar-refractivity contribution in [3.8, 4) is 11.5 Å². The van der Waals surface area contributed by atoms with Gasteiger partial charge in [0.15, 0.2) is 11.7 Å². The van der Waals surface area contributed by atoms with Crippen LogP contribution in [-0.2, 0) is 14.2 Å². The van der Waals surface area contributed by atoms with E-state index < -0.39 is 7.19 Å². The van der Waals surface area contributed by atoms with Gasteiger partial charge in [-0.05, 0) is 24.3 Å². The smallest absolute Gasteiger partial charge is 0.523 e. The molecule has 0 unspecified atom stereocenters. The molecule has 3 aliphatic heterocycles. The number of nitrogens with zero attached hydrogens (tertiary/aromatic N) is 6. The van der Waals surface area contributed by atoms with Gasteiger partial charge in [-0.2, -0.15) is 0 Å². The number of aliphatic imine (C=N–C) groups is 2. The molecule has 5 heterocycles. The second-order valence-electron chi connectivity index (χ2n) is 11.7. The summed E-state index contributed by atoms with van der Waals surface area (Å²) < 4.78 is 33.0. The van der Waals surface area contributed by atoms with E-state index in [1.165, 1.54) is 0 Å². The van der Waals surface area contributed by atoms with E-state index in [2.05, 4.69) is 33.2 Å². The van der Waals surface area contributed by atoms with Crippen LogP contribution in [0, 0.1) is 0 Å². The van der Waals surface area contributed by atoms with Crippen LogP contribution in [0.15, 0.2) is 117 Å². The first-order valence-corrected chi connectivity index (χ1v) is 16.3. The molecular formula is C37H31BN6O5. The number of ether oxygens (including phenoxy) is 4. The van der Waals surface area contributed by atoms with Gasteiger partial charge in [0.25, 0.3) is 0 Å². The first-order valence-electron chi connectivity index (χ1n) is 16.3. The zero-order valence-electron chi connectivity index (χ0n) is 26.8. The molecule has 0 spiro atoms. The third-order valence-electron chi connectivity index (χ3n) is 8.79. The minimum Gasteiger partial charge on any atom is -0.523 e. The van der Waals surface area contributed by atoms with Gasteiger partial charge in [0.2, 0.25) is 0 Å². The molecule has 0 amide bonds. The summed E-state index contributed by atoms with van der Waals surface area (Å²) in [5.74, 6) is 4.07. The summed E-state index contributed by atoms with van der Waals surface area (Å²) in [6.07, 6.45) is 0. The van der Waals surface area contributed by atoms with Crippen molar-refractivity contribution in [1.82, 2.24) is 8.96 Å². The van der Waals surface area contributed by atoms with Gasteiger partial charge < -0.3 is 23.6 Å². The SMILES string of the molecule is COCCOCCOCCOc1ccc(OB2n3c4c5ccccc5c3N=c3c5ccccc5c(n32)=NC2=NC(=N4)c3ccccc32)cc1. The number of fused-ring (bicyclic) bond motifs is 10. The Morgan fingerprint density at radius 2 is 1.04 bits per heavy atom. The molecule has 0 N–H and O–H groups in total. The maximum atomic E-state index is 6.94. The molecule has 12 heteroatoms. The Balaban J connectivity index is 1.11. The summed E-state index contributed by atoms with van der Waals surface area (Å²) in [6, 6.07) is 32.1. The van der Waals surface area contributed by atoms with Crippen molar-refractivity contribution in [1.29, 1.82) is 0 Å². The van der Waals surface area contributed by atoms with Crippen LogP contribution >= 0.6 is 0 Å². The van der Waals surface area contributed by atoms with Gasteiger partial charge in [-0.15, -0.1) is 0 Å². The Labute approximate surface area is 281 Å². The quantitative estimate of drug-likeness (QED) is 0.139. The normalized spacial score (nSPS) is 13.9. The van der Waals surface area contributed by atoms with Crippen molar-refractivity contribution >= 4 is 52.0 Å². The fourth-order valence-electron chi connectivity index (χ4n) is 6.55. The van der Waals surface area contributed by atoms with Crippen LogP contribution < -0.4 is 20.4 Å². The highest BCUT2D eigenvalue weighted by Crippen LogP contribution is 2.41. The van der Waals surface area contributed by atoms with E-state index in [-0.39, 0.29) is 0 Å². The molecule has 0 aliphatic carbocycles. The highest BCUT2D eigenvalue weighted by atomic mass is 16.6. The zero-order valence-corrected chi connectivity index (χ0v) is 26.8. The summed E-state index contributed by atoms with van der Waals surface area (Å²) in [7, 11) is 0.965. The lowest BCUT2D eigenvalue weighted by Gasteiger charge is -2.23. The van der Waals surface area contributed by atoms with Crippen LogP contribution in [0.5, 0.6) is 11.5 Å². The van der Waals surface area contributed by atoms with Crippen molar-refractivity contribution in [2.45, 2.75) is 0 Å². The molecule has 4 bridgehead atoms. The molecule has 9 rings (SSSR count). The average Bonchev–Trinajstić information content (AvgIpc) is 3.77. The van der Waals surface area contributed by atoms with E-state index in [0.717, 1.165) is 61.0 Å². The molecule has 6 aromatic rings. The van der Waals surface area contributed by atoms with Crippen molar-refractivity contribution < 1.29 is 23.6 Å². The molecule has 0 radical (unpaired) electrons. The van der Waals surface area contributed by atoms with E-state index in [9.17, 15) is 0 Å². The second kappa shape index (κ2) is 12.5. The van der Waals surface area contributed by atoms with Gasteiger partial charge in [0, 0.05) is 39.8 Å². The molecule has 4 aromatic carbocycles. The van der Waals surface area contributed by atoms with Crippen molar-refractivity contribution in [3.05, 3.63) is 119 Å². The predicted molar refractivity (Wildman–Crippen MR) is 188 cm³/mol. The molecule has 3 aliphatic rings. The summed E-state index contributed by atoms with van der Waals surface area (Å²) in [4.78, 5) is 20.7. The number of hydrogen-bond acceptors (Lipinski definition) is 9. The highest BCUT2D eigenvalue weighted by Gasteiger charge is 2.40. The molecule has 242 valence electrons. The Hall–Kier alpha value is -5.56. The summed E-state index contributed by atoms with van der Waals surface area (Å²) >= 11 is 0. The topological polar surface area (TPSA) is 105 Å². The zero-order chi connectivity index (χ0) is 32.7. The molecule has 49 heavy (non-hydrogen) atoms. The van der Waals surface area contributed by atoms with Gasteiger partial charge in [0.05, 0.1) is 33.0 Å². The van der Waals surface area contributed by atoms with Crippen molar-refractivity contribution in [2.75, 3.05) is 46.8 Å². The summed E-state index contributed by atoms with van der Waals surface area (Å²) in [6.45, 7) is 3.02. The number of rotatable bonds is 12. The standard InChI is InChI=1S/C37H31BN6O5/c1-45-18-19-46-20-21-47-22-23-48-24-14-16-25(17-15-24)49-38-43-34-28-10-4-6-12-30(28)36(43)42-37-31-13-7-5-11-29(31)35(44(37)38)41-33-27-9-3-2-8-26(27)32(39-33)40-34/h2-17H,18-23H2,1H3. The summed E-state index contributed by atoms with van der Waals surface area (Å²) in [5, 5.41) is 3.88. The number of hydrogen-bond donors (Lipinski definition) is 0. The molecule has 0 atom stereocenters. The Morgan fingerprint density at radius 1 is 0.510 bits per heavy atom.